The topological polar surface area (TPSA) is 42.0 Å². The van der Waals surface area contributed by atoms with Gasteiger partial charge in [0.2, 0.25) is 5.91 Å². The predicted molar refractivity (Wildman–Crippen MR) is 107 cm³/mol. The molecule has 1 aliphatic carbocycles. The highest BCUT2D eigenvalue weighted by molar-refractivity contribution is 7.15. The molecule has 3 aromatic rings. The first-order valence-electron chi connectivity index (χ1n) is 9.10. The van der Waals surface area contributed by atoms with Gasteiger partial charge in [0.05, 0.1) is 11.6 Å². The maximum absolute atomic E-state index is 13.1. The van der Waals surface area contributed by atoms with Gasteiger partial charge in [0.15, 0.2) is 5.13 Å². The summed E-state index contributed by atoms with van der Waals surface area (Å²) in [7, 11) is 0. The molecule has 0 fully saturated rings. The number of rotatable bonds is 4. The molecule has 0 spiro atoms. The Bertz CT molecular complexity index is 850. The quantitative estimate of drug-likeness (QED) is 0.706. The highest BCUT2D eigenvalue weighted by Gasteiger charge is 2.25. The van der Waals surface area contributed by atoms with Crippen molar-refractivity contribution in [3.8, 4) is 0 Å². The summed E-state index contributed by atoms with van der Waals surface area (Å²) in [5, 5.41) is 3.81. The van der Waals surface area contributed by atoms with Crippen molar-refractivity contribution in [2.45, 2.75) is 32.1 Å². The Morgan fingerprint density at radius 1 is 1.08 bits per heavy atom. The smallest absolute Gasteiger partial charge is 0.238 e. The van der Waals surface area contributed by atoms with Crippen molar-refractivity contribution in [1.82, 2.24) is 4.98 Å². The molecule has 4 heteroatoms. The summed E-state index contributed by atoms with van der Waals surface area (Å²) in [6.07, 6.45) is 3.27. The number of carbonyl (C=O) groups is 1. The van der Waals surface area contributed by atoms with Crippen LogP contribution in [0.25, 0.3) is 0 Å². The van der Waals surface area contributed by atoms with Crippen LogP contribution in [0.15, 0.2) is 60.7 Å². The van der Waals surface area contributed by atoms with Crippen molar-refractivity contribution in [3.63, 3.8) is 0 Å². The SMILES string of the molecule is C[C@@H]1CCc2nc(NC(=O)C(c3ccccc3)c3ccccc3)sc2C1. The van der Waals surface area contributed by atoms with Crippen LogP contribution in [0.3, 0.4) is 0 Å². The van der Waals surface area contributed by atoms with Crippen LogP contribution in [-0.4, -0.2) is 10.9 Å². The average molecular weight is 362 g/mol. The molecule has 132 valence electrons. The molecule has 2 aromatic carbocycles. The Labute approximate surface area is 158 Å². The average Bonchev–Trinajstić information content (AvgIpc) is 3.05. The molecular formula is C22H22N2OS. The minimum absolute atomic E-state index is 0.0263. The van der Waals surface area contributed by atoms with Gasteiger partial charge in [0.1, 0.15) is 0 Å². The second-order valence-corrected chi connectivity index (χ2v) is 8.06. The lowest BCUT2D eigenvalue weighted by molar-refractivity contribution is -0.116. The number of amides is 1. The minimum atomic E-state index is -0.336. The fraction of sp³-hybridized carbons (Fsp3) is 0.273. The van der Waals surface area contributed by atoms with E-state index >= 15 is 0 Å². The zero-order chi connectivity index (χ0) is 17.9. The molecule has 1 N–H and O–H groups in total. The standard InChI is InChI=1S/C22H22N2OS/c1-15-12-13-18-19(14-15)26-22(23-18)24-21(25)20(16-8-4-2-5-9-16)17-10-6-3-7-11-17/h2-11,15,20H,12-14H2,1H3,(H,23,24,25)/t15-/m1/s1. The van der Waals surface area contributed by atoms with E-state index in [4.69, 9.17) is 0 Å². The van der Waals surface area contributed by atoms with Crippen molar-refractivity contribution in [1.29, 1.82) is 0 Å². The third-order valence-electron chi connectivity index (χ3n) is 4.94. The number of aromatic nitrogens is 1. The summed E-state index contributed by atoms with van der Waals surface area (Å²) in [4.78, 5) is 19.2. The summed E-state index contributed by atoms with van der Waals surface area (Å²) in [5.74, 6) is 0.340. The van der Waals surface area contributed by atoms with Crippen LogP contribution in [0.1, 0.15) is 41.0 Å². The molecule has 26 heavy (non-hydrogen) atoms. The molecule has 0 aliphatic heterocycles. The van der Waals surface area contributed by atoms with Gasteiger partial charge in [-0.1, -0.05) is 67.6 Å². The van der Waals surface area contributed by atoms with Crippen LogP contribution in [0, 0.1) is 5.92 Å². The molecule has 1 heterocycles. The maximum Gasteiger partial charge on any atom is 0.238 e. The van der Waals surface area contributed by atoms with E-state index in [0.717, 1.165) is 29.1 Å². The van der Waals surface area contributed by atoms with E-state index in [-0.39, 0.29) is 11.8 Å². The summed E-state index contributed by atoms with van der Waals surface area (Å²) >= 11 is 1.63. The molecule has 3 nitrogen and oxygen atoms in total. The summed E-state index contributed by atoms with van der Waals surface area (Å²) < 4.78 is 0. The third-order valence-corrected chi connectivity index (χ3v) is 5.98. The fourth-order valence-corrected chi connectivity index (χ4v) is 4.73. The molecule has 0 bridgehead atoms. The van der Waals surface area contributed by atoms with Gasteiger partial charge < -0.3 is 5.32 Å². The predicted octanol–water partition coefficient (Wildman–Crippen LogP) is 5.04. The second kappa shape index (κ2) is 7.42. The molecule has 4 rings (SSSR count). The Balaban J connectivity index is 1.61. The monoisotopic (exact) mass is 362 g/mol. The first-order chi connectivity index (χ1) is 12.7. The van der Waals surface area contributed by atoms with Crippen molar-refractivity contribution < 1.29 is 4.79 Å². The number of hydrogen-bond acceptors (Lipinski definition) is 3. The van der Waals surface area contributed by atoms with E-state index in [1.807, 2.05) is 60.7 Å². The molecule has 0 unspecified atom stereocenters. The Morgan fingerprint density at radius 3 is 2.31 bits per heavy atom. The van der Waals surface area contributed by atoms with Crippen LogP contribution in [-0.2, 0) is 17.6 Å². The van der Waals surface area contributed by atoms with Crippen molar-refractivity contribution in [2.24, 2.45) is 5.92 Å². The van der Waals surface area contributed by atoms with E-state index in [9.17, 15) is 4.79 Å². The molecule has 0 saturated heterocycles. The second-order valence-electron chi connectivity index (χ2n) is 6.98. The largest absolute Gasteiger partial charge is 0.301 e. The van der Waals surface area contributed by atoms with Crippen molar-refractivity contribution in [3.05, 3.63) is 82.4 Å². The number of hydrogen-bond donors (Lipinski definition) is 1. The highest BCUT2D eigenvalue weighted by atomic mass is 32.1. The van der Waals surface area contributed by atoms with Crippen LogP contribution in [0.4, 0.5) is 5.13 Å². The normalized spacial score (nSPS) is 16.3. The Morgan fingerprint density at radius 2 is 1.69 bits per heavy atom. The van der Waals surface area contributed by atoms with E-state index in [1.54, 1.807) is 11.3 Å². The number of thiazole rings is 1. The van der Waals surface area contributed by atoms with Gasteiger partial charge in [0.25, 0.3) is 0 Å². The van der Waals surface area contributed by atoms with Gasteiger partial charge in [-0.2, -0.15) is 0 Å². The lowest BCUT2D eigenvalue weighted by Gasteiger charge is -2.17. The Kier molecular flexibility index (Phi) is 4.85. The van der Waals surface area contributed by atoms with Crippen LogP contribution in [0.5, 0.6) is 0 Å². The van der Waals surface area contributed by atoms with Crippen LogP contribution in [0.2, 0.25) is 0 Å². The number of aryl methyl sites for hydroxylation is 1. The number of benzene rings is 2. The number of nitrogens with zero attached hydrogens (tertiary/aromatic N) is 1. The van der Waals surface area contributed by atoms with Crippen LogP contribution < -0.4 is 5.32 Å². The lowest BCUT2D eigenvalue weighted by atomic mass is 9.90. The lowest BCUT2D eigenvalue weighted by Crippen LogP contribution is -2.22. The van der Waals surface area contributed by atoms with Crippen molar-refractivity contribution in [2.75, 3.05) is 5.32 Å². The first-order valence-corrected chi connectivity index (χ1v) is 9.91. The number of carbonyl (C=O) groups excluding carboxylic acids is 1. The molecule has 1 atom stereocenters. The van der Waals surface area contributed by atoms with E-state index in [2.05, 4.69) is 17.2 Å². The number of nitrogens with one attached hydrogen (secondary N) is 1. The van der Waals surface area contributed by atoms with Gasteiger partial charge >= 0.3 is 0 Å². The van der Waals surface area contributed by atoms with Gasteiger partial charge in [-0.05, 0) is 36.3 Å². The van der Waals surface area contributed by atoms with Gasteiger partial charge in [-0.3, -0.25) is 4.79 Å². The maximum atomic E-state index is 13.1. The molecule has 1 aliphatic rings. The van der Waals surface area contributed by atoms with E-state index < -0.39 is 0 Å². The minimum Gasteiger partial charge on any atom is -0.301 e. The first kappa shape index (κ1) is 17.0. The van der Waals surface area contributed by atoms with Gasteiger partial charge in [-0.15, -0.1) is 11.3 Å². The zero-order valence-corrected chi connectivity index (χ0v) is 15.6. The van der Waals surface area contributed by atoms with Crippen LogP contribution >= 0.6 is 11.3 Å². The molecular weight excluding hydrogens is 340 g/mol. The summed E-state index contributed by atoms with van der Waals surface area (Å²) in [6.45, 7) is 2.28. The molecule has 1 amide bonds. The molecule has 1 aromatic heterocycles. The number of fused-ring (bicyclic) bond motifs is 1. The summed E-state index contributed by atoms with van der Waals surface area (Å²) in [5.41, 5.74) is 3.15. The molecule has 0 radical (unpaired) electrons. The van der Waals surface area contributed by atoms with Crippen molar-refractivity contribution >= 4 is 22.4 Å². The Hall–Kier alpha value is -2.46. The fourth-order valence-electron chi connectivity index (χ4n) is 3.56. The van der Waals surface area contributed by atoms with E-state index in [0.29, 0.717) is 5.92 Å². The summed E-state index contributed by atoms with van der Waals surface area (Å²) in [6, 6.07) is 19.9. The van der Waals surface area contributed by atoms with Gasteiger partial charge in [0, 0.05) is 4.88 Å². The highest BCUT2D eigenvalue weighted by Crippen LogP contribution is 2.33. The third kappa shape index (κ3) is 3.56. The number of anilines is 1. The van der Waals surface area contributed by atoms with E-state index in [1.165, 1.54) is 17.0 Å². The zero-order valence-electron chi connectivity index (χ0n) is 14.8. The van der Waals surface area contributed by atoms with Gasteiger partial charge in [-0.25, -0.2) is 4.98 Å². The molecule has 0 saturated carbocycles.